The highest BCUT2D eigenvalue weighted by Gasteiger charge is 2.47. The van der Waals surface area contributed by atoms with Crippen molar-refractivity contribution in [3.8, 4) is 0 Å². The van der Waals surface area contributed by atoms with Crippen LogP contribution in [0.5, 0.6) is 0 Å². The Labute approximate surface area is 231 Å². The first-order chi connectivity index (χ1) is 18.3. The van der Waals surface area contributed by atoms with Crippen LogP contribution in [0.15, 0.2) is 52.9 Å². The molecule has 2 aliphatic rings. The number of furan rings is 1. The van der Waals surface area contributed by atoms with Crippen LogP contribution < -0.4 is 4.90 Å². The molecule has 2 aliphatic heterocycles. The van der Waals surface area contributed by atoms with Crippen molar-refractivity contribution in [2.24, 2.45) is 0 Å². The summed E-state index contributed by atoms with van der Waals surface area (Å²) in [5, 5.41) is 0.903. The van der Waals surface area contributed by atoms with E-state index < -0.39 is 11.7 Å². The maximum absolute atomic E-state index is 14.4. The molecule has 38 heavy (non-hydrogen) atoms. The first-order valence-corrected chi connectivity index (χ1v) is 13.5. The number of fused-ring (bicyclic) bond motifs is 2. The lowest BCUT2D eigenvalue weighted by atomic mass is 9.81. The topological polar surface area (TPSA) is 63.0 Å². The second-order valence-electron chi connectivity index (χ2n) is 10.0. The van der Waals surface area contributed by atoms with E-state index in [9.17, 15) is 14.0 Å². The lowest BCUT2D eigenvalue weighted by Crippen LogP contribution is -2.51. The van der Waals surface area contributed by atoms with Crippen molar-refractivity contribution >= 4 is 41.3 Å². The first-order valence-electron chi connectivity index (χ1n) is 12.8. The van der Waals surface area contributed by atoms with Crippen molar-refractivity contribution in [2.45, 2.75) is 50.7 Å². The number of benzene rings is 2. The molecule has 0 N–H and O–H groups in total. The zero-order valence-electron chi connectivity index (χ0n) is 21.1. The van der Waals surface area contributed by atoms with Crippen molar-refractivity contribution in [1.29, 1.82) is 0 Å². The van der Waals surface area contributed by atoms with Gasteiger partial charge in [-0.1, -0.05) is 29.3 Å². The molecule has 0 bridgehead atoms. The number of anilines is 1. The van der Waals surface area contributed by atoms with Crippen LogP contribution in [0.4, 0.5) is 14.9 Å². The third-order valence-electron chi connectivity index (χ3n) is 7.54. The Hall–Kier alpha value is -2.87. The van der Waals surface area contributed by atoms with Crippen LogP contribution in [0.1, 0.15) is 54.2 Å². The molecule has 9 heteroatoms. The molecule has 3 heterocycles. The summed E-state index contributed by atoms with van der Waals surface area (Å²) in [4.78, 5) is 28.7. The summed E-state index contributed by atoms with van der Waals surface area (Å²) in [7, 11) is 0. The summed E-state index contributed by atoms with van der Waals surface area (Å²) in [6, 6.07) is 13.5. The zero-order valence-corrected chi connectivity index (χ0v) is 22.6. The number of carbonyl (C=O) groups is 2. The van der Waals surface area contributed by atoms with Crippen molar-refractivity contribution < 1.29 is 23.1 Å². The molecule has 1 amide bonds. The molecule has 0 saturated carbocycles. The molecular weight excluding hydrogens is 530 g/mol. The highest BCUT2D eigenvalue weighted by Crippen LogP contribution is 2.46. The second kappa shape index (κ2) is 11.1. The van der Waals surface area contributed by atoms with E-state index in [1.807, 2.05) is 25.1 Å². The maximum Gasteiger partial charge on any atom is 0.415 e. The van der Waals surface area contributed by atoms with Gasteiger partial charge in [0.15, 0.2) is 0 Å². The lowest BCUT2D eigenvalue weighted by molar-refractivity contribution is -0.109. The van der Waals surface area contributed by atoms with Crippen LogP contribution in [0.2, 0.25) is 10.0 Å². The van der Waals surface area contributed by atoms with E-state index >= 15 is 0 Å². The Kier molecular flexibility index (Phi) is 7.80. The Morgan fingerprint density at radius 1 is 1.08 bits per heavy atom. The van der Waals surface area contributed by atoms with Gasteiger partial charge < -0.3 is 18.8 Å². The Bertz CT molecular complexity index is 1340. The number of hydrogen-bond acceptors (Lipinski definition) is 5. The molecule has 6 nitrogen and oxygen atoms in total. The van der Waals surface area contributed by atoms with Crippen molar-refractivity contribution in [3.63, 3.8) is 0 Å². The van der Waals surface area contributed by atoms with Gasteiger partial charge in [0.25, 0.3) is 0 Å². The standard InChI is InChI=1S/C29H29Cl2FN2O4/c1-19-4-7-23(37-19)17-34-27-9-6-22(32)16-24(27)29(38-28(34)36)10-13-33(14-11-29)12-2-3-21(18-35)20-5-8-25(30)26(31)15-20/h4-9,15-16,18,21H,2-3,10-14,17H2,1H3. The average Bonchev–Trinajstić information content (AvgIpc) is 3.32. The normalized spacial score (nSPS) is 17.8. The Balaban J connectivity index is 1.24. The monoisotopic (exact) mass is 558 g/mol. The number of piperidine rings is 1. The smallest absolute Gasteiger partial charge is 0.415 e. The average molecular weight is 559 g/mol. The van der Waals surface area contributed by atoms with Gasteiger partial charge in [-0.3, -0.25) is 4.90 Å². The minimum atomic E-state index is -0.869. The van der Waals surface area contributed by atoms with Crippen LogP contribution >= 0.6 is 23.2 Å². The highest BCUT2D eigenvalue weighted by atomic mass is 35.5. The summed E-state index contributed by atoms with van der Waals surface area (Å²) < 4.78 is 26.1. The largest absolute Gasteiger partial charge is 0.464 e. The fourth-order valence-corrected chi connectivity index (χ4v) is 5.77. The predicted octanol–water partition coefficient (Wildman–Crippen LogP) is 7.24. The molecule has 1 saturated heterocycles. The molecule has 1 unspecified atom stereocenters. The SMILES string of the molecule is Cc1ccc(CN2C(=O)OC3(CCN(CCCC(C=O)c4ccc(Cl)c(Cl)c4)CC3)c3cc(F)ccc32)o1. The molecule has 1 fully saturated rings. The van der Waals surface area contributed by atoms with E-state index in [-0.39, 0.29) is 18.3 Å². The van der Waals surface area contributed by atoms with E-state index in [4.69, 9.17) is 32.4 Å². The van der Waals surface area contributed by atoms with Crippen LogP contribution in [0.25, 0.3) is 0 Å². The van der Waals surface area contributed by atoms with Gasteiger partial charge in [0.2, 0.25) is 0 Å². The molecule has 3 aromatic rings. The number of nitrogens with zero attached hydrogens (tertiary/aromatic N) is 2. The van der Waals surface area contributed by atoms with E-state index in [0.717, 1.165) is 30.6 Å². The van der Waals surface area contributed by atoms with Crippen molar-refractivity contribution in [2.75, 3.05) is 24.5 Å². The van der Waals surface area contributed by atoms with Gasteiger partial charge in [-0.25, -0.2) is 9.18 Å². The van der Waals surface area contributed by atoms with Gasteiger partial charge >= 0.3 is 6.09 Å². The maximum atomic E-state index is 14.4. The molecule has 1 atom stereocenters. The number of carbonyl (C=O) groups excluding carboxylic acids is 2. The number of rotatable bonds is 8. The van der Waals surface area contributed by atoms with E-state index in [2.05, 4.69) is 4.90 Å². The third-order valence-corrected chi connectivity index (χ3v) is 8.28. The molecule has 0 aliphatic carbocycles. The fraction of sp³-hybridized carbons (Fsp3) is 0.379. The minimum Gasteiger partial charge on any atom is -0.464 e. The summed E-state index contributed by atoms with van der Waals surface area (Å²) in [6.45, 7) is 4.24. The number of aldehydes is 1. The Morgan fingerprint density at radius 2 is 1.87 bits per heavy atom. The number of likely N-dealkylation sites (tertiary alicyclic amines) is 1. The number of ether oxygens (including phenoxy) is 1. The van der Waals surface area contributed by atoms with E-state index in [1.165, 1.54) is 17.0 Å². The number of halogens is 3. The van der Waals surface area contributed by atoms with Crippen molar-refractivity contribution in [1.82, 2.24) is 4.90 Å². The van der Waals surface area contributed by atoms with Gasteiger partial charge in [-0.05, 0) is 74.3 Å². The molecule has 1 spiro atoms. The van der Waals surface area contributed by atoms with Crippen molar-refractivity contribution in [3.05, 3.63) is 87.0 Å². The molecule has 1 aromatic heterocycles. The summed E-state index contributed by atoms with van der Waals surface area (Å²) in [5.74, 6) is 0.776. The molecule has 2 aromatic carbocycles. The summed E-state index contributed by atoms with van der Waals surface area (Å²) in [6.07, 6.45) is 3.13. The van der Waals surface area contributed by atoms with Gasteiger partial charge in [-0.2, -0.15) is 0 Å². The van der Waals surface area contributed by atoms with Crippen LogP contribution in [-0.4, -0.2) is 36.9 Å². The van der Waals surface area contributed by atoms with E-state index in [1.54, 1.807) is 18.2 Å². The quantitative estimate of drug-likeness (QED) is 0.272. The second-order valence-corrected chi connectivity index (χ2v) is 10.8. The summed E-state index contributed by atoms with van der Waals surface area (Å²) >= 11 is 12.1. The summed E-state index contributed by atoms with van der Waals surface area (Å²) in [5.41, 5.74) is 1.33. The number of aryl methyl sites for hydroxylation is 1. The number of hydrogen-bond donors (Lipinski definition) is 0. The molecule has 5 rings (SSSR count). The van der Waals surface area contributed by atoms with Crippen LogP contribution in [0, 0.1) is 12.7 Å². The first kappa shape index (κ1) is 26.7. The van der Waals surface area contributed by atoms with Gasteiger partial charge in [-0.15, -0.1) is 0 Å². The van der Waals surface area contributed by atoms with Crippen LogP contribution in [0.3, 0.4) is 0 Å². The van der Waals surface area contributed by atoms with Gasteiger partial charge in [0.1, 0.15) is 29.2 Å². The lowest BCUT2D eigenvalue weighted by Gasteiger charge is -2.46. The predicted molar refractivity (Wildman–Crippen MR) is 144 cm³/mol. The zero-order chi connectivity index (χ0) is 26.9. The minimum absolute atomic E-state index is 0.213. The fourth-order valence-electron chi connectivity index (χ4n) is 5.46. The molecule has 0 radical (unpaired) electrons. The Morgan fingerprint density at radius 3 is 2.55 bits per heavy atom. The van der Waals surface area contributed by atoms with E-state index in [0.29, 0.717) is 59.4 Å². The van der Waals surface area contributed by atoms with Gasteiger partial charge in [0.05, 0.1) is 22.3 Å². The number of amides is 1. The van der Waals surface area contributed by atoms with Gasteiger partial charge in [0, 0.05) is 37.4 Å². The molecule has 200 valence electrons. The molecular formula is C29H29Cl2FN2O4. The third kappa shape index (κ3) is 5.46. The van der Waals surface area contributed by atoms with Crippen LogP contribution in [-0.2, 0) is 21.7 Å². The highest BCUT2D eigenvalue weighted by molar-refractivity contribution is 6.42.